The maximum atomic E-state index is 13.5. The Balaban J connectivity index is 1.30. The second kappa shape index (κ2) is 21.5. The molecular formula is C41H61N7O10S. The first-order valence-corrected chi connectivity index (χ1v) is 21.5. The minimum Gasteiger partial charge on any atom is -0.459 e. The zero-order valence-electron chi connectivity index (χ0n) is 34.7. The number of thioether (sulfide) groups is 1. The van der Waals surface area contributed by atoms with Crippen LogP contribution < -0.4 is 27.0 Å². The van der Waals surface area contributed by atoms with Gasteiger partial charge in [0.15, 0.2) is 0 Å². The van der Waals surface area contributed by atoms with E-state index in [0.29, 0.717) is 25.8 Å². The summed E-state index contributed by atoms with van der Waals surface area (Å²) in [5.41, 5.74) is 6.18. The average Bonchev–Trinajstić information content (AvgIpc) is 3.78. The van der Waals surface area contributed by atoms with Crippen LogP contribution in [0.5, 0.6) is 0 Å². The minimum atomic E-state index is -1.54. The smallest absolute Gasteiger partial charge is 0.330 e. The number of rotatable bonds is 22. The number of ether oxygens (including phenoxy) is 1. The van der Waals surface area contributed by atoms with Crippen LogP contribution in [0, 0.1) is 0 Å². The first-order chi connectivity index (χ1) is 28.0. The van der Waals surface area contributed by atoms with Crippen molar-refractivity contribution < 1.29 is 48.2 Å². The van der Waals surface area contributed by atoms with Gasteiger partial charge in [0.1, 0.15) is 48.2 Å². The molecule has 8 atom stereocenters. The van der Waals surface area contributed by atoms with Gasteiger partial charge in [-0.3, -0.25) is 33.6 Å². The molecule has 7 N–H and O–H groups in total. The van der Waals surface area contributed by atoms with E-state index in [-0.39, 0.29) is 12.5 Å². The molecule has 0 aromatic heterocycles. The molecule has 3 heterocycles. The average molecular weight is 844 g/mol. The van der Waals surface area contributed by atoms with Crippen LogP contribution >= 0.6 is 11.8 Å². The number of likely N-dealkylation sites (tertiary alicyclic amines) is 1. The third-order valence-corrected chi connectivity index (χ3v) is 12.5. The number of esters is 1. The molecule has 7 amide bonds. The predicted molar refractivity (Wildman–Crippen MR) is 219 cm³/mol. The van der Waals surface area contributed by atoms with Crippen molar-refractivity contribution in [3.05, 3.63) is 35.9 Å². The molecule has 3 aliphatic heterocycles. The highest BCUT2D eigenvalue weighted by molar-refractivity contribution is 8.01. The molecular weight excluding hydrogens is 783 g/mol. The monoisotopic (exact) mass is 843 g/mol. The van der Waals surface area contributed by atoms with E-state index in [2.05, 4.69) is 28.2 Å². The topological polar surface area (TPSA) is 247 Å². The van der Waals surface area contributed by atoms with Crippen molar-refractivity contribution in [3.8, 4) is 0 Å². The Morgan fingerprint density at radius 3 is 2.24 bits per heavy atom. The zero-order chi connectivity index (χ0) is 43.4. The van der Waals surface area contributed by atoms with E-state index in [1.807, 2.05) is 18.2 Å². The van der Waals surface area contributed by atoms with Gasteiger partial charge in [0.25, 0.3) is 0 Å². The summed E-state index contributed by atoms with van der Waals surface area (Å²) in [6.07, 6.45) is 6.66. The van der Waals surface area contributed by atoms with E-state index < -0.39 is 100 Å². The first-order valence-electron chi connectivity index (χ1n) is 20.6. The fraction of sp³-hybridized carbons (Fsp3) is 0.659. The molecule has 1 aromatic rings. The Morgan fingerprint density at radius 2 is 1.59 bits per heavy atom. The number of benzene rings is 1. The molecule has 3 fully saturated rings. The molecule has 4 rings (SSSR count). The molecule has 0 bridgehead atoms. The summed E-state index contributed by atoms with van der Waals surface area (Å²) in [5, 5.41) is 19.8. The van der Waals surface area contributed by atoms with Crippen molar-refractivity contribution >= 4 is 59.1 Å². The van der Waals surface area contributed by atoms with Gasteiger partial charge in [0, 0.05) is 17.7 Å². The first kappa shape index (κ1) is 47.0. The SMILES string of the molecule is CCCCCCCCCC(=O)N1CCC[C@H]1C(=O)N[C@H](C(=O)N[C@@H](C)C(=O)N[C@@H](CC(N)=O)C(=O)N[C@@H]1C(=O)N2[C@@H](C(=O)OCc3ccccc3)C(C)(C)S[C@@H]12)[C@@H](C)O. The van der Waals surface area contributed by atoms with Crippen molar-refractivity contribution in [2.75, 3.05) is 6.54 Å². The van der Waals surface area contributed by atoms with Gasteiger partial charge in [-0.25, -0.2) is 4.79 Å². The molecule has 0 spiro atoms. The van der Waals surface area contributed by atoms with Crippen LogP contribution in [0.1, 0.15) is 111 Å². The van der Waals surface area contributed by atoms with Crippen molar-refractivity contribution in [3.63, 3.8) is 0 Å². The lowest BCUT2D eigenvalue weighted by molar-refractivity contribution is -0.165. The number of carbonyl (C=O) groups is 8. The number of aliphatic hydroxyl groups is 1. The van der Waals surface area contributed by atoms with Gasteiger partial charge in [-0.2, -0.15) is 0 Å². The Hall–Kier alpha value is -4.71. The van der Waals surface area contributed by atoms with Gasteiger partial charge in [0.2, 0.25) is 41.4 Å². The van der Waals surface area contributed by atoms with E-state index in [4.69, 9.17) is 10.5 Å². The van der Waals surface area contributed by atoms with Gasteiger partial charge in [0.05, 0.1) is 12.5 Å². The molecule has 1 aromatic carbocycles. The van der Waals surface area contributed by atoms with Crippen LogP contribution in [0.15, 0.2) is 30.3 Å². The Bertz CT molecular complexity index is 1690. The number of aliphatic hydroxyl groups excluding tert-OH is 1. The van der Waals surface area contributed by atoms with Crippen LogP contribution in [0.25, 0.3) is 0 Å². The number of nitrogens with zero attached hydrogens (tertiary/aromatic N) is 2. The number of β-lactam (4-membered cyclic amide) rings is 1. The summed E-state index contributed by atoms with van der Waals surface area (Å²) in [6.45, 7) is 8.76. The number of primary amides is 1. The summed E-state index contributed by atoms with van der Waals surface area (Å²) < 4.78 is 4.77. The van der Waals surface area contributed by atoms with Crippen molar-refractivity contribution in [2.24, 2.45) is 5.73 Å². The molecule has 3 aliphatic rings. The molecule has 3 saturated heterocycles. The highest BCUT2D eigenvalue weighted by Gasteiger charge is 2.64. The third-order valence-electron chi connectivity index (χ3n) is 10.9. The minimum absolute atomic E-state index is 0.0201. The molecule has 0 aliphatic carbocycles. The second-order valence-corrected chi connectivity index (χ2v) is 17.9. The number of amides is 7. The van der Waals surface area contributed by atoms with Crippen molar-refractivity contribution in [1.29, 1.82) is 0 Å². The fourth-order valence-corrected chi connectivity index (χ4v) is 9.25. The summed E-state index contributed by atoms with van der Waals surface area (Å²) >= 11 is 1.30. The number of unbranched alkanes of at least 4 members (excludes halogenated alkanes) is 6. The maximum absolute atomic E-state index is 13.5. The fourth-order valence-electron chi connectivity index (χ4n) is 7.63. The normalized spacial score (nSPS) is 22.5. The predicted octanol–water partition coefficient (Wildman–Crippen LogP) is 1.14. The number of carbonyl (C=O) groups excluding carboxylic acids is 8. The van der Waals surface area contributed by atoms with Crippen molar-refractivity contribution in [2.45, 2.75) is 164 Å². The van der Waals surface area contributed by atoms with Crippen molar-refractivity contribution in [1.82, 2.24) is 31.1 Å². The quantitative estimate of drug-likeness (QED) is 0.0549. The van der Waals surface area contributed by atoms with E-state index in [1.54, 1.807) is 26.0 Å². The highest BCUT2D eigenvalue weighted by atomic mass is 32.2. The third kappa shape index (κ3) is 12.4. The van der Waals surface area contributed by atoms with Gasteiger partial charge in [-0.05, 0) is 52.5 Å². The standard InChI is InChI=1S/C41H61N7O10S/c1-6-7-8-9-10-11-15-20-30(51)47-21-16-19-28(47)36(54)45-31(25(3)49)37(55)43-24(2)34(52)44-27(22-29(42)50)35(53)46-32-38(56)48-33(41(4,5)59-39(32)48)40(57)58-23-26-17-13-12-14-18-26/h12-14,17-18,24-25,27-28,31-33,39,49H,6-11,15-16,19-23H2,1-5H3,(H2,42,50)(H,43,55)(H,44,52)(H,45,54)(H,46,53)/t24-,25+,27-,28-,31-,32+,33-,39-/m0/s1. The summed E-state index contributed by atoms with van der Waals surface area (Å²) in [6, 6.07) is 1.91. The summed E-state index contributed by atoms with van der Waals surface area (Å²) in [7, 11) is 0. The van der Waals surface area contributed by atoms with Crippen LogP contribution in [0.4, 0.5) is 0 Å². The number of nitrogens with one attached hydrogen (secondary N) is 4. The number of nitrogens with two attached hydrogens (primary N) is 1. The lowest BCUT2D eigenvalue weighted by Gasteiger charge is -2.44. The van der Waals surface area contributed by atoms with E-state index in [9.17, 15) is 43.5 Å². The van der Waals surface area contributed by atoms with E-state index in [1.165, 1.54) is 48.3 Å². The van der Waals surface area contributed by atoms with Gasteiger partial charge < -0.3 is 46.6 Å². The Kier molecular flexibility index (Phi) is 17.1. The van der Waals surface area contributed by atoms with E-state index in [0.717, 1.165) is 37.7 Å². The lowest BCUT2D eigenvalue weighted by Crippen LogP contribution is -2.72. The molecule has 18 heteroatoms. The molecule has 59 heavy (non-hydrogen) atoms. The largest absolute Gasteiger partial charge is 0.459 e. The second-order valence-electron chi connectivity index (χ2n) is 16.1. The van der Waals surface area contributed by atoms with Gasteiger partial charge in [-0.15, -0.1) is 11.8 Å². The molecule has 17 nitrogen and oxygen atoms in total. The van der Waals surface area contributed by atoms with Gasteiger partial charge >= 0.3 is 5.97 Å². The number of hydrogen-bond acceptors (Lipinski definition) is 11. The number of hydrogen-bond donors (Lipinski definition) is 6. The lowest BCUT2D eigenvalue weighted by atomic mass is 9.95. The Labute approximate surface area is 350 Å². The van der Waals surface area contributed by atoms with Gasteiger partial charge in [-0.1, -0.05) is 75.8 Å². The summed E-state index contributed by atoms with van der Waals surface area (Å²) in [4.78, 5) is 108. The molecule has 0 saturated carbocycles. The van der Waals surface area contributed by atoms with Crippen LogP contribution in [0.3, 0.4) is 0 Å². The Morgan fingerprint density at radius 1 is 0.932 bits per heavy atom. The van der Waals surface area contributed by atoms with Crippen LogP contribution in [-0.4, -0.2) is 121 Å². The maximum Gasteiger partial charge on any atom is 0.330 e. The summed E-state index contributed by atoms with van der Waals surface area (Å²) in [5.74, 6) is -5.49. The molecule has 0 radical (unpaired) electrons. The molecule has 0 unspecified atom stereocenters. The van der Waals surface area contributed by atoms with E-state index >= 15 is 0 Å². The highest BCUT2D eigenvalue weighted by Crippen LogP contribution is 2.51. The molecule has 326 valence electrons. The van der Waals surface area contributed by atoms with Crippen LogP contribution in [-0.2, 0) is 49.7 Å². The number of fused-ring (bicyclic) bond motifs is 1. The van der Waals surface area contributed by atoms with Crippen LogP contribution in [0.2, 0.25) is 0 Å². The zero-order valence-corrected chi connectivity index (χ0v) is 35.5.